The lowest BCUT2D eigenvalue weighted by Crippen LogP contribution is -2.03. The zero-order valence-electron chi connectivity index (χ0n) is 9.57. The lowest BCUT2D eigenvalue weighted by Gasteiger charge is -2.11. The molecule has 0 saturated heterocycles. The number of aromatic nitrogens is 1. The maximum Gasteiger partial charge on any atom is 0.0591 e. The van der Waals surface area contributed by atoms with Crippen LogP contribution in [0.1, 0.15) is 11.1 Å². The minimum atomic E-state index is 0.674. The number of nitrogens with two attached hydrogens (primary N) is 1. The Hall–Kier alpha value is -1.74. The van der Waals surface area contributed by atoms with Crippen LogP contribution in [-0.4, -0.2) is 4.98 Å². The summed E-state index contributed by atoms with van der Waals surface area (Å²) in [5.74, 6) is 0. The van der Waals surface area contributed by atoms with E-state index in [0.29, 0.717) is 17.3 Å². The van der Waals surface area contributed by atoms with Gasteiger partial charge in [-0.15, -0.1) is 0 Å². The first-order chi connectivity index (χ1) is 8.16. The number of anilines is 2. The fourth-order valence-electron chi connectivity index (χ4n) is 1.57. The third-order valence-electron chi connectivity index (χ3n) is 2.62. The third kappa shape index (κ3) is 2.88. The molecule has 2 aromatic rings. The molecule has 88 valence electrons. The number of benzene rings is 1. The summed E-state index contributed by atoms with van der Waals surface area (Å²) in [6, 6.07) is 7.39. The van der Waals surface area contributed by atoms with Crippen LogP contribution >= 0.6 is 11.6 Å². The number of hydrogen-bond acceptors (Lipinski definition) is 3. The Morgan fingerprint density at radius 3 is 2.94 bits per heavy atom. The SMILES string of the molecule is Cc1cnccc1CNc1cc(Cl)ccc1N. The highest BCUT2D eigenvalue weighted by Crippen LogP contribution is 2.23. The van der Waals surface area contributed by atoms with E-state index in [1.165, 1.54) is 5.56 Å². The molecule has 1 aromatic heterocycles. The molecule has 4 heteroatoms. The molecule has 0 aliphatic rings. The molecule has 3 N–H and O–H groups in total. The molecule has 0 bridgehead atoms. The van der Waals surface area contributed by atoms with E-state index < -0.39 is 0 Å². The van der Waals surface area contributed by atoms with Crippen molar-refractivity contribution in [3.8, 4) is 0 Å². The molecule has 1 heterocycles. The van der Waals surface area contributed by atoms with Crippen LogP contribution in [0.3, 0.4) is 0 Å². The van der Waals surface area contributed by atoms with Gasteiger partial charge in [0.1, 0.15) is 0 Å². The number of nitrogen functional groups attached to an aromatic ring is 1. The molecule has 17 heavy (non-hydrogen) atoms. The molecule has 0 fully saturated rings. The molecule has 0 spiro atoms. The number of rotatable bonds is 3. The zero-order chi connectivity index (χ0) is 12.3. The standard InChI is InChI=1S/C13H14ClN3/c1-9-7-16-5-4-10(9)8-17-13-6-11(14)2-3-12(13)15/h2-7,17H,8,15H2,1H3. The highest BCUT2D eigenvalue weighted by molar-refractivity contribution is 6.31. The van der Waals surface area contributed by atoms with Crippen molar-refractivity contribution in [2.45, 2.75) is 13.5 Å². The first-order valence-electron chi connectivity index (χ1n) is 5.35. The number of hydrogen-bond donors (Lipinski definition) is 2. The third-order valence-corrected chi connectivity index (χ3v) is 2.86. The molecule has 0 atom stereocenters. The predicted octanol–water partition coefficient (Wildman–Crippen LogP) is 3.24. The van der Waals surface area contributed by atoms with Gasteiger partial charge in [0.05, 0.1) is 11.4 Å². The van der Waals surface area contributed by atoms with Crippen molar-refractivity contribution in [1.29, 1.82) is 0 Å². The van der Waals surface area contributed by atoms with Gasteiger partial charge in [0, 0.05) is 24.0 Å². The Morgan fingerprint density at radius 2 is 2.18 bits per heavy atom. The largest absolute Gasteiger partial charge is 0.397 e. The maximum absolute atomic E-state index is 5.92. The first kappa shape index (κ1) is 11.7. The van der Waals surface area contributed by atoms with Crippen molar-refractivity contribution in [2.24, 2.45) is 0 Å². The van der Waals surface area contributed by atoms with Crippen LogP contribution in [0.5, 0.6) is 0 Å². The number of pyridine rings is 1. The number of nitrogens with one attached hydrogen (secondary N) is 1. The van der Waals surface area contributed by atoms with E-state index in [1.54, 1.807) is 18.3 Å². The van der Waals surface area contributed by atoms with E-state index in [1.807, 2.05) is 25.3 Å². The lowest BCUT2D eigenvalue weighted by molar-refractivity contribution is 1.09. The molecule has 0 amide bonds. The minimum Gasteiger partial charge on any atom is -0.397 e. The summed E-state index contributed by atoms with van der Waals surface area (Å²) < 4.78 is 0. The smallest absolute Gasteiger partial charge is 0.0591 e. The molecule has 0 radical (unpaired) electrons. The Balaban J connectivity index is 2.12. The van der Waals surface area contributed by atoms with Crippen LogP contribution in [0.15, 0.2) is 36.7 Å². The van der Waals surface area contributed by atoms with E-state index in [4.69, 9.17) is 17.3 Å². The van der Waals surface area contributed by atoms with Gasteiger partial charge in [0.25, 0.3) is 0 Å². The average Bonchev–Trinajstić information content (AvgIpc) is 2.32. The monoisotopic (exact) mass is 247 g/mol. The van der Waals surface area contributed by atoms with Crippen molar-refractivity contribution in [3.63, 3.8) is 0 Å². The fraction of sp³-hybridized carbons (Fsp3) is 0.154. The van der Waals surface area contributed by atoms with Gasteiger partial charge in [0.15, 0.2) is 0 Å². The van der Waals surface area contributed by atoms with Crippen LogP contribution in [-0.2, 0) is 6.54 Å². The summed E-state index contributed by atoms with van der Waals surface area (Å²) in [5, 5.41) is 3.95. The van der Waals surface area contributed by atoms with Gasteiger partial charge < -0.3 is 11.1 Å². The summed E-state index contributed by atoms with van der Waals surface area (Å²) in [7, 11) is 0. The van der Waals surface area contributed by atoms with Crippen LogP contribution in [0, 0.1) is 6.92 Å². The van der Waals surface area contributed by atoms with Gasteiger partial charge in [-0.2, -0.15) is 0 Å². The predicted molar refractivity (Wildman–Crippen MR) is 72.2 cm³/mol. The van der Waals surface area contributed by atoms with Crippen molar-refractivity contribution >= 4 is 23.0 Å². The highest BCUT2D eigenvalue weighted by Gasteiger charge is 2.01. The second-order valence-electron chi connectivity index (χ2n) is 3.89. The van der Waals surface area contributed by atoms with Gasteiger partial charge in [-0.3, -0.25) is 4.98 Å². The molecular weight excluding hydrogens is 234 g/mol. The van der Waals surface area contributed by atoms with Crippen LogP contribution in [0.2, 0.25) is 5.02 Å². The van der Waals surface area contributed by atoms with Gasteiger partial charge in [-0.05, 0) is 42.3 Å². The summed E-state index contributed by atoms with van der Waals surface area (Å²) >= 11 is 5.92. The summed E-state index contributed by atoms with van der Waals surface area (Å²) in [5.41, 5.74) is 9.76. The Labute approximate surface area is 106 Å². The van der Waals surface area contributed by atoms with E-state index in [2.05, 4.69) is 10.3 Å². The molecule has 1 aromatic carbocycles. The quantitative estimate of drug-likeness (QED) is 0.819. The van der Waals surface area contributed by atoms with Gasteiger partial charge >= 0.3 is 0 Å². The molecule has 3 nitrogen and oxygen atoms in total. The highest BCUT2D eigenvalue weighted by atomic mass is 35.5. The van der Waals surface area contributed by atoms with Crippen LogP contribution < -0.4 is 11.1 Å². The number of halogens is 1. The topological polar surface area (TPSA) is 50.9 Å². The molecule has 2 rings (SSSR count). The number of aryl methyl sites for hydroxylation is 1. The molecule has 0 aliphatic carbocycles. The molecule has 0 saturated carbocycles. The van der Waals surface area contributed by atoms with Crippen LogP contribution in [0.25, 0.3) is 0 Å². The van der Waals surface area contributed by atoms with E-state index >= 15 is 0 Å². The number of nitrogens with zero attached hydrogens (tertiary/aromatic N) is 1. The maximum atomic E-state index is 5.92. The summed E-state index contributed by atoms with van der Waals surface area (Å²) in [6.45, 7) is 2.74. The Bertz CT molecular complexity index is 526. The summed E-state index contributed by atoms with van der Waals surface area (Å²) in [4.78, 5) is 4.06. The average molecular weight is 248 g/mol. The van der Waals surface area contributed by atoms with Crippen molar-refractivity contribution in [1.82, 2.24) is 4.98 Å². The molecular formula is C13H14ClN3. The second kappa shape index (κ2) is 5.06. The van der Waals surface area contributed by atoms with Crippen LogP contribution in [0.4, 0.5) is 11.4 Å². The summed E-state index contributed by atoms with van der Waals surface area (Å²) in [6.07, 6.45) is 3.63. The van der Waals surface area contributed by atoms with Crippen molar-refractivity contribution < 1.29 is 0 Å². The van der Waals surface area contributed by atoms with Gasteiger partial charge in [0.2, 0.25) is 0 Å². The molecule has 0 aliphatic heterocycles. The van der Waals surface area contributed by atoms with Gasteiger partial charge in [-0.25, -0.2) is 0 Å². The van der Waals surface area contributed by atoms with E-state index in [0.717, 1.165) is 11.3 Å². The molecule has 0 unspecified atom stereocenters. The van der Waals surface area contributed by atoms with Crippen molar-refractivity contribution in [2.75, 3.05) is 11.1 Å². The minimum absolute atomic E-state index is 0.674. The second-order valence-corrected chi connectivity index (χ2v) is 4.32. The zero-order valence-corrected chi connectivity index (χ0v) is 10.3. The normalized spacial score (nSPS) is 10.2. The Kier molecular flexibility index (Phi) is 3.49. The van der Waals surface area contributed by atoms with E-state index in [9.17, 15) is 0 Å². The van der Waals surface area contributed by atoms with Crippen molar-refractivity contribution in [3.05, 3.63) is 52.8 Å². The van der Waals surface area contributed by atoms with E-state index in [-0.39, 0.29) is 0 Å². The fourth-order valence-corrected chi connectivity index (χ4v) is 1.74. The first-order valence-corrected chi connectivity index (χ1v) is 5.73. The van der Waals surface area contributed by atoms with Gasteiger partial charge in [-0.1, -0.05) is 11.6 Å². The lowest BCUT2D eigenvalue weighted by atomic mass is 10.1. The Morgan fingerprint density at radius 1 is 1.35 bits per heavy atom.